The van der Waals surface area contributed by atoms with Crippen LogP contribution >= 0.6 is 0 Å². The number of aromatic carboxylic acids is 1. The van der Waals surface area contributed by atoms with Gasteiger partial charge in [0, 0.05) is 5.69 Å². The number of rotatable bonds is 6. The number of carboxylic acid groups (broad SMARTS) is 1. The van der Waals surface area contributed by atoms with Gasteiger partial charge in [-0.1, -0.05) is 17.3 Å². The van der Waals surface area contributed by atoms with Crippen molar-refractivity contribution in [1.29, 1.82) is 0 Å². The minimum atomic E-state index is -1.06. The molecule has 1 aromatic heterocycles. The fourth-order valence-electron chi connectivity index (χ4n) is 2.72. The van der Waals surface area contributed by atoms with E-state index in [1.807, 2.05) is 19.9 Å². The van der Waals surface area contributed by atoms with E-state index in [2.05, 4.69) is 10.5 Å². The molecule has 0 aliphatic rings. The summed E-state index contributed by atoms with van der Waals surface area (Å²) >= 11 is 0. The number of nitrogens with one attached hydrogen (secondary N) is 1. The van der Waals surface area contributed by atoms with Crippen LogP contribution in [0.2, 0.25) is 0 Å². The second-order valence-corrected chi connectivity index (χ2v) is 6.43. The number of hydrogen-bond donors (Lipinski definition) is 2. The molecule has 144 valence electrons. The smallest absolute Gasteiger partial charge is 0.335 e. The second kappa shape index (κ2) is 7.96. The number of carbonyl (C=O) groups is 2. The first kappa shape index (κ1) is 19.2. The van der Waals surface area contributed by atoms with Crippen molar-refractivity contribution >= 4 is 17.6 Å². The SMILES string of the molecule is Cc1ccc(C(=O)Nc2cccc(C(=O)O)c2)c(OCc2c(C)noc2C)c1. The van der Waals surface area contributed by atoms with Crippen molar-refractivity contribution in [3.8, 4) is 5.75 Å². The van der Waals surface area contributed by atoms with Crippen molar-refractivity contribution in [2.75, 3.05) is 5.32 Å². The third kappa shape index (κ3) is 4.20. The van der Waals surface area contributed by atoms with Crippen LogP contribution in [0.25, 0.3) is 0 Å². The molecule has 3 aromatic rings. The summed E-state index contributed by atoms with van der Waals surface area (Å²) in [4.78, 5) is 23.9. The van der Waals surface area contributed by atoms with Gasteiger partial charge < -0.3 is 19.7 Å². The number of ether oxygens (including phenoxy) is 1. The normalized spacial score (nSPS) is 10.5. The van der Waals surface area contributed by atoms with Crippen LogP contribution in [0.5, 0.6) is 5.75 Å². The molecule has 1 amide bonds. The van der Waals surface area contributed by atoms with E-state index in [0.29, 0.717) is 22.8 Å². The van der Waals surface area contributed by atoms with E-state index in [9.17, 15) is 9.59 Å². The molecule has 0 atom stereocenters. The highest BCUT2D eigenvalue weighted by molar-refractivity contribution is 6.06. The van der Waals surface area contributed by atoms with E-state index < -0.39 is 11.9 Å². The lowest BCUT2D eigenvalue weighted by molar-refractivity contribution is 0.0696. The monoisotopic (exact) mass is 380 g/mol. The Morgan fingerprint density at radius 1 is 1.14 bits per heavy atom. The average Bonchev–Trinajstić information content (AvgIpc) is 2.98. The lowest BCUT2D eigenvalue weighted by Crippen LogP contribution is -2.14. The van der Waals surface area contributed by atoms with E-state index >= 15 is 0 Å². The molecule has 0 unspecified atom stereocenters. The molecule has 28 heavy (non-hydrogen) atoms. The molecular formula is C21H20N2O5. The Balaban J connectivity index is 1.82. The van der Waals surface area contributed by atoms with Gasteiger partial charge in [0.2, 0.25) is 0 Å². The number of nitrogens with zero attached hydrogens (tertiary/aromatic N) is 1. The number of aryl methyl sites for hydroxylation is 3. The van der Waals surface area contributed by atoms with E-state index in [1.54, 1.807) is 31.2 Å². The molecule has 2 aromatic carbocycles. The molecule has 0 aliphatic carbocycles. The molecule has 0 spiro atoms. The van der Waals surface area contributed by atoms with E-state index in [4.69, 9.17) is 14.4 Å². The zero-order valence-electron chi connectivity index (χ0n) is 15.8. The summed E-state index contributed by atoms with van der Waals surface area (Å²) in [6, 6.07) is 11.3. The van der Waals surface area contributed by atoms with Crippen LogP contribution in [0, 0.1) is 20.8 Å². The van der Waals surface area contributed by atoms with Crippen molar-refractivity contribution in [3.63, 3.8) is 0 Å². The highest BCUT2D eigenvalue weighted by Crippen LogP contribution is 2.24. The van der Waals surface area contributed by atoms with Crippen LogP contribution in [-0.4, -0.2) is 22.1 Å². The van der Waals surface area contributed by atoms with Gasteiger partial charge in [-0.2, -0.15) is 0 Å². The Labute approximate surface area is 161 Å². The maximum absolute atomic E-state index is 12.8. The molecule has 0 aliphatic heterocycles. The van der Waals surface area contributed by atoms with Crippen LogP contribution in [-0.2, 0) is 6.61 Å². The van der Waals surface area contributed by atoms with Crippen molar-refractivity contribution in [1.82, 2.24) is 5.16 Å². The van der Waals surface area contributed by atoms with Gasteiger partial charge in [-0.3, -0.25) is 4.79 Å². The predicted molar refractivity (Wildman–Crippen MR) is 103 cm³/mol. The van der Waals surface area contributed by atoms with Gasteiger partial charge in [0.15, 0.2) is 0 Å². The maximum Gasteiger partial charge on any atom is 0.335 e. The number of carboxylic acids is 1. The van der Waals surface area contributed by atoms with Gasteiger partial charge >= 0.3 is 5.97 Å². The van der Waals surface area contributed by atoms with Crippen molar-refractivity contribution in [2.45, 2.75) is 27.4 Å². The van der Waals surface area contributed by atoms with Crippen LogP contribution in [0.3, 0.4) is 0 Å². The van der Waals surface area contributed by atoms with Crippen LogP contribution in [0.1, 0.15) is 43.3 Å². The number of amides is 1. The summed E-state index contributed by atoms with van der Waals surface area (Å²) < 4.78 is 11.0. The van der Waals surface area contributed by atoms with Gasteiger partial charge in [-0.05, 0) is 56.7 Å². The standard InChI is InChI=1S/C21H20N2O5/c1-12-7-8-17(19(9-12)27-11-18-13(2)23-28-14(18)3)20(24)22-16-6-4-5-15(10-16)21(25)26/h4-10H,11H2,1-3H3,(H,22,24)(H,25,26). The number of anilines is 1. The zero-order valence-corrected chi connectivity index (χ0v) is 15.8. The first-order valence-corrected chi connectivity index (χ1v) is 8.65. The van der Waals surface area contributed by atoms with Gasteiger partial charge in [0.1, 0.15) is 18.1 Å². The Morgan fingerprint density at radius 3 is 2.61 bits per heavy atom. The summed E-state index contributed by atoms with van der Waals surface area (Å²) in [5, 5.41) is 15.7. The highest BCUT2D eigenvalue weighted by atomic mass is 16.5. The number of aromatic nitrogens is 1. The first-order valence-electron chi connectivity index (χ1n) is 8.65. The topological polar surface area (TPSA) is 102 Å². The van der Waals surface area contributed by atoms with Crippen LogP contribution < -0.4 is 10.1 Å². The quantitative estimate of drug-likeness (QED) is 0.667. The average molecular weight is 380 g/mol. The zero-order chi connectivity index (χ0) is 20.3. The van der Waals surface area contributed by atoms with E-state index in [0.717, 1.165) is 16.8 Å². The van der Waals surface area contributed by atoms with Crippen molar-refractivity contribution < 1.29 is 24.0 Å². The summed E-state index contributed by atoms with van der Waals surface area (Å²) in [5.74, 6) is -0.361. The first-order chi connectivity index (χ1) is 13.3. The highest BCUT2D eigenvalue weighted by Gasteiger charge is 2.16. The van der Waals surface area contributed by atoms with Crippen molar-refractivity contribution in [3.05, 3.63) is 76.2 Å². The summed E-state index contributed by atoms with van der Waals surface area (Å²) in [7, 11) is 0. The predicted octanol–water partition coefficient (Wildman–Crippen LogP) is 4.13. The third-order valence-corrected chi connectivity index (χ3v) is 4.30. The molecular weight excluding hydrogens is 360 g/mol. The second-order valence-electron chi connectivity index (χ2n) is 6.43. The van der Waals surface area contributed by atoms with Crippen LogP contribution in [0.15, 0.2) is 47.0 Å². The minimum absolute atomic E-state index is 0.0941. The molecule has 0 saturated carbocycles. The fraction of sp³-hybridized carbons (Fsp3) is 0.190. The molecule has 0 bridgehead atoms. The molecule has 0 fully saturated rings. The molecule has 7 heteroatoms. The lowest BCUT2D eigenvalue weighted by Gasteiger charge is -2.13. The molecule has 3 rings (SSSR count). The van der Waals surface area contributed by atoms with Gasteiger partial charge in [0.05, 0.1) is 22.4 Å². The summed E-state index contributed by atoms with van der Waals surface area (Å²) in [6.07, 6.45) is 0. The number of hydrogen-bond acceptors (Lipinski definition) is 5. The third-order valence-electron chi connectivity index (χ3n) is 4.30. The Hall–Kier alpha value is -3.61. The van der Waals surface area contributed by atoms with E-state index in [1.165, 1.54) is 12.1 Å². The Bertz CT molecular complexity index is 1020. The molecule has 7 nitrogen and oxygen atoms in total. The maximum atomic E-state index is 12.8. The number of benzene rings is 2. The van der Waals surface area contributed by atoms with Crippen molar-refractivity contribution in [2.24, 2.45) is 0 Å². The van der Waals surface area contributed by atoms with Gasteiger partial charge in [0.25, 0.3) is 5.91 Å². The minimum Gasteiger partial charge on any atom is -0.488 e. The summed E-state index contributed by atoms with van der Waals surface area (Å²) in [5.41, 5.74) is 3.35. The van der Waals surface area contributed by atoms with Gasteiger partial charge in [-0.25, -0.2) is 4.79 Å². The van der Waals surface area contributed by atoms with E-state index in [-0.39, 0.29) is 12.2 Å². The fourth-order valence-corrected chi connectivity index (χ4v) is 2.72. The molecule has 1 heterocycles. The van der Waals surface area contributed by atoms with Crippen LogP contribution in [0.4, 0.5) is 5.69 Å². The largest absolute Gasteiger partial charge is 0.488 e. The molecule has 0 saturated heterocycles. The Kier molecular flexibility index (Phi) is 5.44. The molecule has 2 N–H and O–H groups in total. The number of carbonyl (C=O) groups excluding carboxylic acids is 1. The van der Waals surface area contributed by atoms with Gasteiger partial charge in [-0.15, -0.1) is 0 Å². The molecule has 0 radical (unpaired) electrons. The lowest BCUT2D eigenvalue weighted by atomic mass is 10.1. The Morgan fingerprint density at radius 2 is 1.93 bits per heavy atom. The summed E-state index contributed by atoms with van der Waals surface area (Å²) in [6.45, 7) is 5.76.